The van der Waals surface area contributed by atoms with E-state index in [-0.39, 0.29) is 5.91 Å². The summed E-state index contributed by atoms with van der Waals surface area (Å²) in [5.74, 6) is 2.38. The van der Waals surface area contributed by atoms with E-state index >= 15 is 0 Å². The zero-order valence-corrected chi connectivity index (χ0v) is 23.2. The van der Waals surface area contributed by atoms with E-state index in [0.29, 0.717) is 41.7 Å². The third kappa shape index (κ3) is 5.77. The Labute approximate surface area is 242 Å². The van der Waals surface area contributed by atoms with Gasteiger partial charge in [-0.3, -0.25) is 10.1 Å². The number of furan rings is 1. The molecule has 1 saturated heterocycles. The van der Waals surface area contributed by atoms with E-state index in [2.05, 4.69) is 20.5 Å². The Morgan fingerprint density at radius 3 is 2.38 bits per heavy atom. The van der Waals surface area contributed by atoms with Crippen molar-refractivity contribution in [1.29, 1.82) is 0 Å². The highest BCUT2D eigenvalue weighted by Gasteiger charge is 2.19. The number of ether oxygens (including phenoxy) is 1. The van der Waals surface area contributed by atoms with Gasteiger partial charge in [-0.05, 0) is 60.7 Å². The van der Waals surface area contributed by atoms with Gasteiger partial charge in [0, 0.05) is 61.1 Å². The van der Waals surface area contributed by atoms with Crippen LogP contribution in [-0.2, 0) is 4.74 Å². The minimum absolute atomic E-state index is 0.110. The zero-order chi connectivity index (χ0) is 29.1. The first-order chi connectivity index (χ1) is 20.4. The molecule has 4 heterocycles. The molecule has 0 bridgehead atoms. The molecule has 3 aromatic heterocycles. The maximum absolute atomic E-state index is 12.6. The van der Waals surface area contributed by atoms with Crippen molar-refractivity contribution in [3.63, 3.8) is 0 Å². The van der Waals surface area contributed by atoms with Crippen LogP contribution in [0.15, 0.2) is 83.6 Å². The van der Waals surface area contributed by atoms with Crippen LogP contribution < -0.4 is 15.5 Å². The first kappa shape index (κ1) is 26.9. The predicted octanol–water partition coefficient (Wildman–Crippen LogP) is 5.13. The molecular formula is C31H29N7O4. The highest BCUT2D eigenvalue weighted by Crippen LogP contribution is 2.31. The number of rotatable bonds is 6. The minimum atomic E-state index is -0.455. The van der Waals surface area contributed by atoms with Crippen molar-refractivity contribution in [2.45, 2.75) is 0 Å². The van der Waals surface area contributed by atoms with Crippen LogP contribution in [0.5, 0.6) is 0 Å². The van der Waals surface area contributed by atoms with Crippen LogP contribution in [0, 0.1) is 0 Å². The summed E-state index contributed by atoms with van der Waals surface area (Å²) in [5, 5.41) is 6.42. The van der Waals surface area contributed by atoms with Crippen LogP contribution in [0.25, 0.3) is 33.6 Å². The molecule has 5 aromatic rings. The number of amides is 3. The van der Waals surface area contributed by atoms with Gasteiger partial charge in [0.15, 0.2) is 5.82 Å². The van der Waals surface area contributed by atoms with Crippen molar-refractivity contribution in [2.24, 2.45) is 0 Å². The summed E-state index contributed by atoms with van der Waals surface area (Å²) in [6.07, 6.45) is 3.29. The summed E-state index contributed by atoms with van der Waals surface area (Å²) in [7, 11) is 3.38. The molecule has 212 valence electrons. The van der Waals surface area contributed by atoms with Gasteiger partial charge in [-0.15, -0.1) is 0 Å². The van der Waals surface area contributed by atoms with Crippen molar-refractivity contribution in [3.8, 4) is 22.7 Å². The van der Waals surface area contributed by atoms with E-state index in [0.717, 1.165) is 41.1 Å². The number of benzene rings is 2. The second-order valence-corrected chi connectivity index (χ2v) is 9.97. The van der Waals surface area contributed by atoms with Gasteiger partial charge in [0.05, 0.1) is 25.0 Å². The molecule has 0 atom stereocenters. The summed E-state index contributed by atoms with van der Waals surface area (Å²) in [5.41, 5.74) is 3.51. The number of anilines is 3. The summed E-state index contributed by atoms with van der Waals surface area (Å²) in [4.78, 5) is 42.6. The maximum Gasteiger partial charge on any atom is 0.324 e. The SMILES string of the molecule is CN(C)C(=O)c1ccc(NC(=O)Nc2ccc(-c3nc(N4CCOCC4)c4ccc(-c5ccco5)cc4n3)cn2)cc1. The number of pyridine rings is 1. The molecule has 0 radical (unpaired) electrons. The lowest BCUT2D eigenvalue weighted by molar-refractivity contribution is 0.0827. The summed E-state index contributed by atoms with van der Waals surface area (Å²) in [6, 6.07) is 19.6. The summed E-state index contributed by atoms with van der Waals surface area (Å²) in [6.45, 7) is 2.73. The number of aromatic nitrogens is 3. The molecule has 42 heavy (non-hydrogen) atoms. The fourth-order valence-electron chi connectivity index (χ4n) is 4.69. The number of urea groups is 1. The molecule has 11 heteroatoms. The van der Waals surface area contributed by atoms with E-state index in [1.165, 1.54) is 4.90 Å². The first-order valence-electron chi connectivity index (χ1n) is 13.5. The van der Waals surface area contributed by atoms with E-state index in [4.69, 9.17) is 19.1 Å². The van der Waals surface area contributed by atoms with Crippen molar-refractivity contribution in [2.75, 3.05) is 55.9 Å². The largest absolute Gasteiger partial charge is 0.464 e. The molecule has 1 fully saturated rings. The maximum atomic E-state index is 12.6. The van der Waals surface area contributed by atoms with Crippen LogP contribution in [0.1, 0.15) is 10.4 Å². The van der Waals surface area contributed by atoms with Gasteiger partial charge >= 0.3 is 6.03 Å². The molecule has 6 rings (SSSR count). The van der Waals surface area contributed by atoms with Gasteiger partial charge < -0.3 is 24.3 Å². The average molecular weight is 564 g/mol. The zero-order valence-electron chi connectivity index (χ0n) is 23.2. The molecule has 1 aliphatic rings. The fourth-order valence-corrected chi connectivity index (χ4v) is 4.69. The molecule has 0 saturated carbocycles. The van der Waals surface area contributed by atoms with Crippen molar-refractivity contribution < 1.29 is 18.7 Å². The topological polar surface area (TPSA) is 126 Å². The number of hydrogen-bond donors (Lipinski definition) is 2. The lowest BCUT2D eigenvalue weighted by atomic mass is 10.1. The van der Waals surface area contributed by atoms with E-state index < -0.39 is 6.03 Å². The van der Waals surface area contributed by atoms with Crippen molar-refractivity contribution >= 4 is 40.2 Å². The standard InChI is InChI=1S/C31H29N7O4/c1-37(2)30(39)20-5-9-23(10-6-20)33-31(40)35-27-12-8-22(19-32-27)28-34-25-18-21(26-4-3-15-42-26)7-11-24(25)29(36-28)38-13-16-41-17-14-38/h3-12,15,18-19H,13-14,16-17H2,1-2H3,(H2,32,33,35,40). The molecule has 11 nitrogen and oxygen atoms in total. The number of hydrogen-bond acceptors (Lipinski definition) is 8. The Morgan fingerprint density at radius 1 is 0.905 bits per heavy atom. The van der Waals surface area contributed by atoms with Crippen LogP contribution in [0.2, 0.25) is 0 Å². The average Bonchev–Trinajstić information content (AvgIpc) is 3.56. The molecule has 2 aromatic carbocycles. The van der Waals surface area contributed by atoms with Crippen LogP contribution >= 0.6 is 0 Å². The number of nitrogens with one attached hydrogen (secondary N) is 2. The highest BCUT2D eigenvalue weighted by molar-refractivity contribution is 6.00. The Morgan fingerprint density at radius 2 is 1.69 bits per heavy atom. The molecular weight excluding hydrogens is 534 g/mol. The predicted molar refractivity (Wildman–Crippen MR) is 161 cm³/mol. The van der Waals surface area contributed by atoms with Gasteiger partial charge in [0.1, 0.15) is 17.4 Å². The molecule has 1 aliphatic heterocycles. The van der Waals surface area contributed by atoms with Gasteiger partial charge in [-0.2, -0.15) is 0 Å². The third-order valence-corrected chi connectivity index (χ3v) is 6.85. The highest BCUT2D eigenvalue weighted by atomic mass is 16.5. The number of nitrogens with zero attached hydrogens (tertiary/aromatic N) is 5. The Hall–Kier alpha value is -5.29. The molecule has 0 aliphatic carbocycles. The van der Waals surface area contributed by atoms with Crippen LogP contribution in [0.3, 0.4) is 0 Å². The Balaban J connectivity index is 1.22. The number of morpholine rings is 1. The smallest absolute Gasteiger partial charge is 0.324 e. The van der Waals surface area contributed by atoms with Gasteiger partial charge in [0.2, 0.25) is 0 Å². The molecule has 2 N–H and O–H groups in total. The minimum Gasteiger partial charge on any atom is -0.464 e. The van der Waals surface area contributed by atoms with Gasteiger partial charge in [-0.1, -0.05) is 6.07 Å². The fraction of sp³-hybridized carbons (Fsp3) is 0.194. The lowest BCUT2D eigenvalue weighted by Crippen LogP contribution is -2.37. The number of carbonyl (C=O) groups is 2. The lowest BCUT2D eigenvalue weighted by Gasteiger charge is -2.29. The van der Waals surface area contributed by atoms with Crippen LogP contribution in [-0.4, -0.2) is 72.2 Å². The second kappa shape index (κ2) is 11.7. The van der Waals surface area contributed by atoms with E-state index in [1.54, 1.807) is 56.9 Å². The van der Waals surface area contributed by atoms with Crippen molar-refractivity contribution in [1.82, 2.24) is 19.9 Å². The van der Waals surface area contributed by atoms with Crippen LogP contribution in [0.4, 0.5) is 22.1 Å². The Bertz CT molecular complexity index is 1710. The molecule has 3 amide bonds. The second-order valence-electron chi connectivity index (χ2n) is 9.97. The quantitative estimate of drug-likeness (QED) is 0.291. The van der Waals surface area contributed by atoms with Gasteiger partial charge in [0.25, 0.3) is 5.91 Å². The normalized spacial score (nSPS) is 13.1. The van der Waals surface area contributed by atoms with Gasteiger partial charge in [-0.25, -0.2) is 19.7 Å². The first-order valence-corrected chi connectivity index (χ1v) is 13.5. The third-order valence-electron chi connectivity index (χ3n) is 6.85. The molecule has 0 unspecified atom stereocenters. The monoisotopic (exact) mass is 563 g/mol. The number of carbonyl (C=O) groups excluding carboxylic acids is 2. The number of fused-ring (bicyclic) bond motifs is 1. The summed E-state index contributed by atoms with van der Waals surface area (Å²) < 4.78 is 11.2. The Kier molecular flexibility index (Phi) is 7.48. The van der Waals surface area contributed by atoms with E-state index in [9.17, 15) is 9.59 Å². The summed E-state index contributed by atoms with van der Waals surface area (Å²) >= 11 is 0. The van der Waals surface area contributed by atoms with Crippen molar-refractivity contribution in [3.05, 3.63) is 84.8 Å². The molecule has 0 spiro atoms. The van der Waals surface area contributed by atoms with E-state index in [1.807, 2.05) is 36.4 Å².